The van der Waals surface area contributed by atoms with Gasteiger partial charge in [0.05, 0.1) is 23.2 Å². The van der Waals surface area contributed by atoms with Gasteiger partial charge < -0.3 is 14.9 Å². The van der Waals surface area contributed by atoms with Crippen LogP contribution in [0.4, 0.5) is 4.79 Å². The number of aromatic nitrogens is 1. The number of phenols is 2. The zero-order chi connectivity index (χ0) is 17.3. The van der Waals surface area contributed by atoms with E-state index < -0.39 is 11.5 Å². The molecule has 3 rings (SSSR count). The number of carbonyl (C=O) groups excluding carboxylic acids is 1. The van der Waals surface area contributed by atoms with E-state index in [0.29, 0.717) is 11.3 Å². The van der Waals surface area contributed by atoms with Gasteiger partial charge in [0.1, 0.15) is 11.5 Å². The van der Waals surface area contributed by atoms with E-state index in [1.54, 1.807) is 31.2 Å². The van der Waals surface area contributed by atoms with E-state index in [-0.39, 0.29) is 29.0 Å². The Morgan fingerprint density at radius 3 is 2.50 bits per heavy atom. The predicted octanol–water partition coefficient (Wildman–Crippen LogP) is 3.08. The van der Waals surface area contributed by atoms with Gasteiger partial charge in [0.2, 0.25) is 0 Å². The largest absolute Gasteiger partial charge is 0.508 e. The lowest BCUT2D eigenvalue weighted by Crippen LogP contribution is -2.20. The van der Waals surface area contributed by atoms with Crippen molar-refractivity contribution in [2.45, 2.75) is 6.92 Å². The summed E-state index contributed by atoms with van der Waals surface area (Å²) >= 11 is 0. The molecule has 122 valence electrons. The summed E-state index contributed by atoms with van der Waals surface area (Å²) in [7, 11) is 0. The molecule has 0 saturated heterocycles. The molecule has 0 saturated carbocycles. The number of carbonyl (C=O) groups is 1. The topological polar surface area (TPSA) is 88.8 Å². The van der Waals surface area contributed by atoms with Gasteiger partial charge in [-0.3, -0.25) is 4.79 Å². The van der Waals surface area contributed by atoms with Crippen molar-refractivity contribution in [1.29, 1.82) is 0 Å². The Hall–Kier alpha value is -3.28. The van der Waals surface area contributed by atoms with E-state index in [1.807, 2.05) is 0 Å². The molecule has 1 heterocycles. The van der Waals surface area contributed by atoms with Gasteiger partial charge in [0, 0.05) is 6.07 Å². The van der Waals surface area contributed by atoms with Crippen LogP contribution in [0.1, 0.15) is 6.92 Å². The fraction of sp³-hybridized carbons (Fsp3) is 0.111. The molecule has 24 heavy (non-hydrogen) atoms. The lowest BCUT2D eigenvalue weighted by Gasteiger charge is -2.15. The van der Waals surface area contributed by atoms with Crippen molar-refractivity contribution in [3.05, 3.63) is 58.8 Å². The van der Waals surface area contributed by atoms with Gasteiger partial charge in [-0.2, -0.15) is 0 Å². The SMILES string of the molecule is CCOC(=O)n1c(-c2ccc(O)cc2)cc(=O)c2c(O)cccc21. The summed E-state index contributed by atoms with van der Waals surface area (Å²) in [6.07, 6.45) is -0.656. The smallest absolute Gasteiger partial charge is 0.418 e. The molecule has 0 radical (unpaired) electrons. The van der Waals surface area contributed by atoms with Gasteiger partial charge in [-0.05, 0) is 48.9 Å². The maximum atomic E-state index is 12.5. The van der Waals surface area contributed by atoms with E-state index >= 15 is 0 Å². The average Bonchev–Trinajstić information content (AvgIpc) is 2.55. The molecular formula is C18H15NO5. The number of hydrogen-bond acceptors (Lipinski definition) is 5. The number of rotatable bonds is 2. The van der Waals surface area contributed by atoms with Crippen LogP contribution in [-0.2, 0) is 4.74 Å². The van der Waals surface area contributed by atoms with Crippen LogP contribution in [0.2, 0.25) is 0 Å². The first kappa shape index (κ1) is 15.6. The number of hydrogen-bond donors (Lipinski definition) is 2. The minimum atomic E-state index is -0.656. The van der Waals surface area contributed by atoms with E-state index in [4.69, 9.17) is 4.74 Å². The molecule has 0 spiro atoms. The van der Waals surface area contributed by atoms with Crippen LogP contribution in [-0.4, -0.2) is 27.5 Å². The van der Waals surface area contributed by atoms with Gasteiger partial charge in [-0.15, -0.1) is 0 Å². The summed E-state index contributed by atoms with van der Waals surface area (Å²) in [4.78, 5) is 24.9. The lowest BCUT2D eigenvalue weighted by atomic mass is 10.1. The maximum absolute atomic E-state index is 12.5. The van der Waals surface area contributed by atoms with Crippen molar-refractivity contribution in [3.63, 3.8) is 0 Å². The Morgan fingerprint density at radius 2 is 1.83 bits per heavy atom. The van der Waals surface area contributed by atoms with Crippen molar-refractivity contribution in [2.24, 2.45) is 0 Å². The van der Waals surface area contributed by atoms with Gasteiger partial charge in [0.15, 0.2) is 5.43 Å². The van der Waals surface area contributed by atoms with E-state index in [0.717, 1.165) is 0 Å². The molecule has 2 aromatic carbocycles. The molecule has 0 amide bonds. The molecule has 0 aliphatic rings. The standard InChI is InChI=1S/C18H15NO5/c1-2-24-18(23)19-13-4-3-5-15(21)17(13)16(22)10-14(19)11-6-8-12(20)9-7-11/h3-10,20-21H,2H2,1H3. The average molecular weight is 325 g/mol. The molecule has 6 nitrogen and oxygen atoms in total. The number of nitrogens with zero attached hydrogens (tertiary/aromatic N) is 1. The molecule has 0 bridgehead atoms. The van der Waals surface area contributed by atoms with Gasteiger partial charge in [-0.1, -0.05) is 6.07 Å². The van der Waals surface area contributed by atoms with Crippen molar-refractivity contribution >= 4 is 17.0 Å². The second-order valence-corrected chi connectivity index (χ2v) is 5.15. The van der Waals surface area contributed by atoms with Gasteiger partial charge in [-0.25, -0.2) is 9.36 Å². The highest BCUT2D eigenvalue weighted by molar-refractivity contribution is 5.95. The number of aromatic hydroxyl groups is 2. The molecule has 0 aliphatic carbocycles. The molecule has 1 aromatic heterocycles. The molecule has 0 aliphatic heterocycles. The number of pyridine rings is 1. The van der Waals surface area contributed by atoms with Crippen molar-refractivity contribution in [2.75, 3.05) is 6.61 Å². The molecule has 0 unspecified atom stereocenters. The lowest BCUT2D eigenvalue weighted by molar-refractivity contribution is 0.155. The summed E-state index contributed by atoms with van der Waals surface area (Å²) in [6.45, 7) is 1.85. The van der Waals surface area contributed by atoms with Crippen LogP contribution in [0.3, 0.4) is 0 Å². The number of phenolic OH excluding ortho intramolecular Hbond substituents is 2. The Labute approximate surface area is 137 Å². The molecule has 0 fully saturated rings. The zero-order valence-corrected chi connectivity index (χ0v) is 12.9. The molecule has 2 N–H and O–H groups in total. The zero-order valence-electron chi connectivity index (χ0n) is 12.9. The van der Waals surface area contributed by atoms with Gasteiger partial charge >= 0.3 is 6.09 Å². The highest BCUT2D eigenvalue weighted by Crippen LogP contribution is 2.28. The summed E-state index contributed by atoms with van der Waals surface area (Å²) in [5, 5.41) is 19.5. The number of benzene rings is 2. The number of fused-ring (bicyclic) bond motifs is 1. The Kier molecular flexibility index (Phi) is 3.95. The Morgan fingerprint density at radius 1 is 1.12 bits per heavy atom. The first-order valence-electron chi connectivity index (χ1n) is 7.37. The summed E-state index contributed by atoms with van der Waals surface area (Å²) in [5.41, 5.74) is 0.718. The van der Waals surface area contributed by atoms with Crippen LogP contribution in [0.5, 0.6) is 11.5 Å². The molecule has 0 atom stereocenters. The molecule has 3 aromatic rings. The third kappa shape index (κ3) is 2.58. The van der Waals surface area contributed by atoms with Crippen molar-refractivity contribution in [3.8, 4) is 22.8 Å². The quantitative estimate of drug-likeness (QED) is 0.756. The minimum Gasteiger partial charge on any atom is -0.508 e. The van der Waals surface area contributed by atoms with Crippen LogP contribution in [0.25, 0.3) is 22.2 Å². The Balaban J connectivity index is 2.40. The van der Waals surface area contributed by atoms with E-state index in [2.05, 4.69) is 0 Å². The minimum absolute atomic E-state index is 0.0491. The maximum Gasteiger partial charge on any atom is 0.418 e. The monoisotopic (exact) mass is 325 g/mol. The van der Waals surface area contributed by atoms with E-state index in [1.165, 1.54) is 28.8 Å². The molecular weight excluding hydrogens is 310 g/mol. The van der Waals surface area contributed by atoms with Crippen LogP contribution in [0.15, 0.2) is 53.3 Å². The third-order valence-corrected chi connectivity index (χ3v) is 3.63. The predicted molar refractivity (Wildman–Crippen MR) is 89.4 cm³/mol. The second-order valence-electron chi connectivity index (χ2n) is 5.15. The van der Waals surface area contributed by atoms with Crippen LogP contribution >= 0.6 is 0 Å². The highest BCUT2D eigenvalue weighted by Gasteiger charge is 2.19. The first-order chi connectivity index (χ1) is 11.5. The fourth-order valence-corrected chi connectivity index (χ4v) is 2.59. The summed E-state index contributed by atoms with van der Waals surface area (Å²) in [6, 6.07) is 11.9. The third-order valence-electron chi connectivity index (χ3n) is 3.63. The van der Waals surface area contributed by atoms with Crippen molar-refractivity contribution < 1.29 is 19.7 Å². The fourth-order valence-electron chi connectivity index (χ4n) is 2.59. The van der Waals surface area contributed by atoms with Crippen LogP contribution < -0.4 is 5.43 Å². The van der Waals surface area contributed by atoms with E-state index in [9.17, 15) is 19.8 Å². The molecule has 6 heteroatoms. The summed E-state index contributed by atoms with van der Waals surface area (Å²) < 4.78 is 6.34. The summed E-state index contributed by atoms with van der Waals surface area (Å²) in [5.74, 6) is -0.130. The van der Waals surface area contributed by atoms with Crippen molar-refractivity contribution in [1.82, 2.24) is 4.57 Å². The number of ether oxygens (including phenoxy) is 1. The van der Waals surface area contributed by atoms with Crippen LogP contribution in [0, 0.1) is 0 Å². The van der Waals surface area contributed by atoms with Gasteiger partial charge in [0.25, 0.3) is 0 Å². The first-order valence-corrected chi connectivity index (χ1v) is 7.37. The highest BCUT2D eigenvalue weighted by atomic mass is 16.5. The Bertz CT molecular complexity index is 973. The normalized spacial score (nSPS) is 10.7. The second kappa shape index (κ2) is 6.08.